The minimum absolute atomic E-state index is 0.308. The molecule has 1 amide bonds. The number of pyridine rings is 1. The Labute approximate surface area is 177 Å². The van der Waals surface area contributed by atoms with Crippen LogP contribution in [0.5, 0.6) is 0 Å². The van der Waals surface area contributed by atoms with Crippen molar-refractivity contribution in [1.82, 2.24) is 9.88 Å². The third-order valence-electron chi connectivity index (χ3n) is 5.33. The largest absolute Gasteiger partial charge is 0.450 e. The van der Waals surface area contributed by atoms with Crippen LogP contribution in [-0.2, 0) is 20.3 Å². The van der Waals surface area contributed by atoms with Crippen LogP contribution in [0.3, 0.4) is 0 Å². The summed E-state index contributed by atoms with van der Waals surface area (Å²) >= 11 is 8.03. The van der Waals surface area contributed by atoms with Gasteiger partial charge in [-0.3, -0.25) is 9.88 Å². The van der Waals surface area contributed by atoms with Crippen molar-refractivity contribution in [2.75, 3.05) is 13.2 Å². The van der Waals surface area contributed by atoms with E-state index in [0.717, 1.165) is 33.1 Å². The van der Waals surface area contributed by atoms with Crippen molar-refractivity contribution < 1.29 is 19.3 Å². The number of likely N-dealkylation sites (tertiary alicyclic amines) is 1. The fourth-order valence-corrected chi connectivity index (χ4v) is 5.27. The lowest BCUT2D eigenvalue weighted by Gasteiger charge is -2.32. The van der Waals surface area contributed by atoms with Crippen LogP contribution in [0.25, 0.3) is 5.57 Å². The predicted octanol–water partition coefficient (Wildman–Crippen LogP) is 5.01. The van der Waals surface area contributed by atoms with Gasteiger partial charge in [-0.2, -0.15) is 9.78 Å². The molecule has 1 spiro atoms. The molecular weight excluding hydrogens is 412 g/mol. The number of amides is 1. The van der Waals surface area contributed by atoms with Crippen molar-refractivity contribution in [1.29, 1.82) is 0 Å². The van der Waals surface area contributed by atoms with Gasteiger partial charge < -0.3 is 4.74 Å². The molecule has 2 saturated heterocycles. The van der Waals surface area contributed by atoms with Crippen LogP contribution in [0.1, 0.15) is 36.6 Å². The van der Waals surface area contributed by atoms with Crippen LogP contribution in [0.4, 0.5) is 4.79 Å². The molecule has 4 heterocycles. The van der Waals surface area contributed by atoms with E-state index >= 15 is 0 Å². The highest BCUT2D eigenvalue weighted by Crippen LogP contribution is 2.49. The molecule has 0 N–H and O–H groups in total. The average Bonchev–Trinajstić information content (AvgIpc) is 3.50. The number of nitrogens with zero attached hydrogens (tertiary/aromatic N) is 2. The Kier molecular flexibility index (Phi) is 4.78. The van der Waals surface area contributed by atoms with Gasteiger partial charge in [0.2, 0.25) is 0 Å². The van der Waals surface area contributed by atoms with Crippen LogP contribution in [0.15, 0.2) is 47.0 Å². The molecule has 0 bridgehead atoms. The lowest BCUT2D eigenvalue weighted by atomic mass is 9.88. The summed E-state index contributed by atoms with van der Waals surface area (Å²) in [5.41, 5.74) is 5.48. The summed E-state index contributed by atoms with van der Waals surface area (Å²) in [4.78, 5) is 30.3. The number of fused-ring (bicyclic) bond motifs is 2. The Balaban J connectivity index is 1.62. The molecule has 2 aromatic rings. The van der Waals surface area contributed by atoms with Gasteiger partial charge in [0.05, 0.1) is 18.7 Å². The molecule has 8 heteroatoms. The summed E-state index contributed by atoms with van der Waals surface area (Å²) in [6.07, 6.45) is 2.53. The quantitative estimate of drug-likeness (QED) is 0.468. The summed E-state index contributed by atoms with van der Waals surface area (Å²) in [5.74, 6) is -0.256. The van der Waals surface area contributed by atoms with E-state index in [1.54, 1.807) is 18.7 Å². The van der Waals surface area contributed by atoms with Crippen LogP contribution >= 0.6 is 23.4 Å². The summed E-state index contributed by atoms with van der Waals surface area (Å²) < 4.78 is 5.16. The first-order chi connectivity index (χ1) is 14.1. The zero-order valence-corrected chi connectivity index (χ0v) is 17.4. The maximum Gasteiger partial charge on any atom is 0.414 e. The molecule has 0 aliphatic carbocycles. The Morgan fingerprint density at radius 1 is 1.38 bits per heavy atom. The highest BCUT2D eigenvalue weighted by molar-refractivity contribution is 7.98. The standard InChI is InChI=1S/C21H19ClN2O4S/c1-2-26-20(25)24-9-7-13(11-21(24)27-28-21)18-16-6-5-15(22)10-17(16)29-12-14-4-3-8-23-19(14)18/h3-6,8,10H,2,7,9,11-12H2,1H3. The molecule has 150 valence electrons. The first-order valence-corrected chi connectivity index (χ1v) is 10.9. The summed E-state index contributed by atoms with van der Waals surface area (Å²) in [6, 6.07) is 10.0. The van der Waals surface area contributed by atoms with Gasteiger partial charge in [-0.25, -0.2) is 4.79 Å². The van der Waals surface area contributed by atoms with E-state index in [4.69, 9.17) is 31.1 Å². The number of piperidine rings is 1. The van der Waals surface area contributed by atoms with Crippen LogP contribution in [0.2, 0.25) is 5.02 Å². The normalized spacial score (nSPS) is 21.9. The van der Waals surface area contributed by atoms with E-state index in [1.807, 2.05) is 24.4 Å². The maximum atomic E-state index is 12.3. The van der Waals surface area contributed by atoms with Gasteiger partial charge in [0.15, 0.2) is 0 Å². The van der Waals surface area contributed by atoms with E-state index < -0.39 is 12.0 Å². The number of ether oxygens (including phenoxy) is 1. The second-order valence-electron chi connectivity index (χ2n) is 7.08. The smallest absolute Gasteiger partial charge is 0.414 e. The van der Waals surface area contributed by atoms with E-state index in [-0.39, 0.29) is 0 Å². The molecule has 0 unspecified atom stereocenters. The number of carbonyl (C=O) groups is 1. The third-order valence-corrected chi connectivity index (χ3v) is 6.67. The molecule has 3 aliphatic rings. The molecule has 0 atom stereocenters. The van der Waals surface area contributed by atoms with Crippen molar-refractivity contribution in [2.24, 2.45) is 0 Å². The zero-order chi connectivity index (χ0) is 20.0. The van der Waals surface area contributed by atoms with Crippen molar-refractivity contribution in [3.05, 3.63) is 63.9 Å². The first kappa shape index (κ1) is 18.9. The number of benzene rings is 1. The number of aromatic nitrogens is 1. The summed E-state index contributed by atoms with van der Waals surface area (Å²) in [7, 11) is 0. The van der Waals surface area contributed by atoms with E-state index in [0.29, 0.717) is 31.0 Å². The molecule has 5 rings (SSSR count). The van der Waals surface area contributed by atoms with Crippen molar-refractivity contribution in [3.63, 3.8) is 0 Å². The predicted molar refractivity (Wildman–Crippen MR) is 109 cm³/mol. The van der Waals surface area contributed by atoms with Gasteiger partial charge in [-0.1, -0.05) is 29.3 Å². The van der Waals surface area contributed by atoms with Gasteiger partial charge in [0.1, 0.15) is 0 Å². The summed E-state index contributed by atoms with van der Waals surface area (Å²) in [5, 5.41) is 0.710. The van der Waals surface area contributed by atoms with Gasteiger partial charge in [-0.15, -0.1) is 11.8 Å². The second-order valence-corrected chi connectivity index (χ2v) is 8.53. The second kappa shape index (κ2) is 7.32. The van der Waals surface area contributed by atoms with Gasteiger partial charge >= 0.3 is 12.0 Å². The molecule has 0 saturated carbocycles. The maximum absolute atomic E-state index is 12.3. The molecule has 6 nitrogen and oxygen atoms in total. The molecule has 3 aliphatic heterocycles. The monoisotopic (exact) mass is 430 g/mol. The molecule has 1 aromatic heterocycles. The van der Waals surface area contributed by atoms with Crippen LogP contribution in [0, 0.1) is 0 Å². The number of halogens is 1. The molecule has 1 aromatic carbocycles. The van der Waals surface area contributed by atoms with Gasteiger partial charge in [-0.05, 0) is 42.7 Å². The fourth-order valence-electron chi connectivity index (χ4n) is 3.96. The number of hydrogen-bond donors (Lipinski definition) is 0. The van der Waals surface area contributed by atoms with E-state index in [1.165, 1.54) is 10.5 Å². The lowest BCUT2D eigenvalue weighted by molar-refractivity contribution is 0.0359. The fraction of sp³-hybridized carbons (Fsp3) is 0.333. The highest BCUT2D eigenvalue weighted by atomic mass is 35.5. The third kappa shape index (κ3) is 3.32. The Morgan fingerprint density at radius 3 is 3.03 bits per heavy atom. The number of rotatable bonds is 1. The molecule has 0 radical (unpaired) electrons. The van der Waals surface area contributed by atoms with E-state index in [9.17, 15) is 4.79 Å². The SMILES string of the molecule is CCOC(=O)N1CCC(=C2c3ccc(Cl)cc3SCc3cccnc32)CC12OO2. The Bertz CT molecular complexity index is 1020. The molecule has 29 heavy (non-hydrogen) atoms. The minimum Gasteiger partial charge on any atom is -0.450 e. The number of thioether (sulfide) groups is 1. The van der Waals surface area contributed by atoms with Gasteiger partial charge in [0.25, 0.3) is 0 Å². The highest BCUT2D eigenvalue weighted by Gasteiger charge is 2.60. The van der Waals surface area contributed by atoms with Crippen LogP contribution < -0.4 is 0 Å². The summed E-state index contributed by atoms with van der Waals surface area (Å²) in [6.45, 7) is 2.54. The Hall–Kier alpha value is -2.06. The van der Waals surface area contributed by atoms with Crippen LogP contribution in [-0.4, -0.2) is 35.0 Å². The molecular formula is C21H19ClN2O4S. The Morgan fingerprint density at radius 2 is 2.24 bits per heavy atom. The van der Waals surface area contributed by atoms with Crippen molar-refractivity contribution in [2.45, 2.75) is 36.3 Å². The van der Waals surface area contributed by atoms with Crippen molar-refractivity contribution >= 4 is 35.0 Å². The zero-order valence-electron chi connectivity index (χ0n) is 15.8. The molecule has 2 fully saturated rings. The first-order valence-electron chi connectivity index (χ1n) is 9.51. The average molecular weight is 431 g/mol. The number of carbonyl (C=O) groups excluding carboxylic acids is 1. The number of hydrogen-bond acceptors (Lipinski definition) is 6. The van der Waals surface area contributed by atoms with Crippen molar-refractivity contribution in [3.8, 4) is 0 Å². The topological polar surface area (TPSA) is 67.5 Å². The van der Waals surface area contributed by atoms with Gasteiger partial charge in [0, 0.05) is 34.0 Å². The van der Waals surface area contributed by atoms with E-state index in [2.05, 4.69) is 12.1 Å². The minimum atomic E-state index is -1.08. The lowest BCUT2D eigenvalue weighted by Crippen LogP contribution is -2.47.